The van der Waals surface area contributed by atoms with Gasteiger partial charge in [-0.05, 0) is 36.4 Å². The van der Waals surface area contributed by atoms with E-state index in [1.807, 2.05) is 12.1 Å². The molecule has 2 aromatic heterocycles. The van der Waals surface area contributed by atoms with E-state index in [9.17, 15) is 4.79 Å². The van der Waals surface area contributed by atoms with Gasteiger partial charge in [-0.2, -0.15) is 4.98 Å². The van der Waals surface area contributed by atoms with Crippen molar-refractivity contribution in [2.24, 2.45) is 0 Å². The minimum Gasteiger partial charge on any atom is -0.497 e. The van der Waals surface area contributed by atoms with E-state index in [4.69, 9.17) is 14.0 Å². The number of amides is 1. The maximum Gasteiger partial charge on any atom is 0.260 e. The van der Waals surface area contributed by atoms with E-state index in [0.717, 1.165) is 11.3 Å². The van der Waals surface area contributed by atoms with E-state index < -0.39 is 0 Å². The van der Waals surface area contributed by atoms with Crippen molar-refractivity contribution < 1.29 is 18.8 Å². The van der Waals surface area contributed by atoms with Crippen LogP contribution in [0.2, 0.25) is 0 Å². The summed E-state index contributed by atoms with van der Waals surface area (Å²) in [4.78, 5) is 22.4. The first-order chi connectivity index (χ1) is 13.2. The number of hydrogen-bond acceptors (Lipinski definition) is 7. The predicted molar refractivity (Wildman–Crippen MR) is 95.3 cm³/mol. The molecule has 1 aromatic carbocycles. The second-order valence-corrected chi connectivity index (χ2v) is 6.16. The second-order valence-electron chi connectivity index (χ2n) is 6.16. The highest BCUT2D eigenvalue weighted by atomic mass is 16.5. The van der Waals surface area contributed by atoms with Gasteiger partial charge in [0.05, 0.1) is 13.0 Å². The van der Waals surface area contributed by atoms with Crippen molar-refractivity contribution in [3.8, 4) is 22.9 Å². The third kappa shape index (κ3) is 3.74. The van der Waals surface area contributed by atoms with Gasteiger partial charge in [0.2, 0.25) is 11.7 Å². The molecule has 0 bridgehead atoms. The molecule has 1 aliphatic heterocycles. The summed E-state index contributed by atoms with van der Waals surface area (Å²) >= 11 is 0. The second kappa shape index (κ2) is 7.45. The Morgan fingerprint density at radius 3 is 2.70 bits per heavy atom. The molecule has 0 aliphatic carbocycles. The Hall–Kier alpha value is -3.42. The molecule has 0 saturated carbocycles. The van der Waals surface area contributed by atoms with Crippen LogP contribution in [-0.4, -0.2) is 52.7 Å². The minimum absolute atomic E-state index is 0.0101. The molecular weight excluding hydrogens is 348 g/mol. The average Bonchev–Trinajstić information content (AvgIpc) is 3.16. The highest BCUT2D eigenvalue weighted by Gasteiger charge is 2.35. The Morgan fingerprint density at radius 1 is 1.22 bits per heavy atom. The SMILES string of the molecule is COc1ccc(OCC(=O)N2CC(c3nc(-c4cccnc4)no3)C2)cc1. The van der Waals surface area contributed by atoms with Crippen LogP contribution in [0.25, 0.3) is 11.4 Å². The molecule has 0 N–H and O–H groups in total. The fraction of sp³-hybridized carbons (Fsp3) is 0.263. The van der Waals surface area contributed by atoms with Crippen molar-refractivity contribution in [3.63, 3.8) is 0 Å². The highest BCUT2D eigenvalue weighted by Crippen LogP contribution is 2.27. The number of nitrogens with zero attached hydrogens (tertiary/aromatic N) is 4. The van der Waals surface area contributed by atoms with Crippen molar-refractivity contribution >= 4 is 5.91 Å². The van der Waals surface area contributed by atoms with Gasteiger partial charge in [-0.25, -0.2) is 0 Å². The van der Waals surface area contributed by atoms with Crippen LogP contribution in [0, 0.1) is 0 Å². The number of pyridine rings is 1. The normalized spacial score (nSPS) is 13.9. The van der Waals surface area contributed by atoms with Gasteiger partial charge in [-0.1, -0.05) is 5.16 Å². The largest absolute Gasteiger partial charge is 0.497 e. The van der Waals surface area contributed by atoms with E-state index in [1.165, 1.54) is 0 Å². The maximum absolute atomic E-state index is 12.2. The first-order valence-electron chi connectivity index (χ1n) is 8.51. The lowest BCUT2D eigenvalue weighted by Crippen LogP contribution is -2.50. The first-order valence-corrected chi connectivity index (χ1v) is 8.51. The van der Waals surface area contributed by atoms with Gasteiger partial charge in [0.25, 0.3) is 5.91 Å². The molecule has 0 spiro atoms. The van der Waals surface area contributed by atoms with Gasteiger partial charge in [0.1, 0.15) is 11.5 Å². The Bertz CT molecular complexity index is 905. The number of ether oxygens (including phenoxy) is 2. The molecule has 3 aromatic rings. The van der Waals surface area contributed by atoms with Crippen molar-refractivity contribution in [2.45, 2.75) is 5.92 Å². The van der Waals surface area contributed by atoms with Crippen molar-refractivity contribution in [3.05, 3.63) is 54.7 Å². The van der Waals surface area contributed by atoms with Crippen LogP contribution in [0.5, 0.6) is 11.5 Å². The van der Waals surface area contributed by atoms with Gasteiger partial charge in [-0.3, -0.25) is 9.78 Å². The zero-order valence-electron chi connectivity index (χ0n) is 14.7. The molecule has 4 rings (SSSR count). The molecule has 27 heavy (non-hydrogen) atoms. The smallest absolute Gasteiger partial charge is 0.260 e. The summed E-state index contributed by atoms with van der Waals surface area (Å²) in [6, 6.07) is 10.8. The quantitative estimate of drug-likeness (QED) is 0.660. The summed E-state index contributed by atoms with van der Waals surface area (Å²) in [6.45, 7) is 1.07. The van der Waals surface area contributed by atoms with E-state index in [-0.39, 0.29) is 18.4 Å². The third-order valence-corrected chi connectivity index (χ3v) is 4.37. The lowest BCUT2D eigenvalue weighted by molar-refractivity contribution is -0.138. The lowest BCUT2D eigenvalue weighted by Gasteiger charge is -2.36. The van der Waals surface area contributed by atoms with E-state index >= 15 is 0 Å². The van der Waals surface area contributed by atoms with Crippen LogP contribution in [0.4, 0.5) is 0 Å². The van der Waals surface area contributed by atoms with Crippen molar-refractivity contribution in [2.75, 3.05) is 26.8 Å². The fourth-order valence-electron chi connectivity index (χ4n) is 2.76. The number of methoxy groups -OCH3 is 1. The first kappa shape index (κ1) is 17.0. The Kier molecular flexibility index (Phi) is 4.69. The number of carbonyl (C=O) groups is 1. The van der Waals surface area contributed by atoms with Gasteiger partial charge < -0.3 is 18.9 Å². The van der Waals surface area contributed by atoms with Crippen LogP contribution in [-0.2, 0) is 4.79 Å². The number of benzene rings is 1. The number of hydrogen-bond donors (Lipinski definition) is 0. The zero-order valence-corrected chi connectivity index (χ0v) is 14.7. The Balaban J connectivity index is 1.27. The average molecular weight is 366 g/mol. The number of rotatable bonds is 6. The van der Waals surface area contributed by atoms with E-state index in [2.05, 4.69) is 15.1 Å². The summed E-state index contributed by atoms with van der Waals surface area (Å²) in [5.41, 5.74) is 0.799. The number of aromatic nitrogens is 3. The number of likely N-dealkylation sites (tertiary alicyclic amines) is 1. The summed E-state index contributed by atoms with van der Waals surface area (Å²) in [5, 5.41) is 3.98. The van der Waals surface area contributed by atoms with Gasteiger partial charge in [0, 0.05) is 31.0 Å². The molecule has 0 radical (unpaired) electrons. The topological polar surface area (TPSA) is 90.6 Å². The summed E-state index contributed by atoms with van der Waals surface area (Å²) in [6.07, 6.45) is 3.37. The van der Waals surface area contributed by atoms with Crippen LogP contribution in [0.1, 0.15) is 11.8 Å². The molecule has 1 saturated heterocycles. The molecule has 0 unspecified atom stereocenters. The highest BCUT2D eigenvalue weighted by molar-refractivity contribution is 5.78. The molecular formula is C19H18N4O4. The summed E-state index contributed by atoms with van der Waals surface area (Å²) in [5.74, 6) is 2.38. The third-order valence-electron chi connectivity index (χ3n) is 4.37. The molecule has 1 amide bonds. The molecule has 8 heteroatoms. The van der Waals surface area contributed by atoms with Crippen molar-refractivity contribution in [1.29, 1.82) is 0 Å². The van der Waals surface area contributed by atoms with Crippen molar-refractivity contribution in [1.82, 2.24) is 20.0 Å². The summed E-state index contributed by atoms with van der Waals surface area (Å²) < 4.78 is 15.9. The summed E-state index contributed by atoms with van der Waals surface area (Å²) in [7, 11) is 1.60. The number of carbonyl (C=O) groups excluding carboxylic acids is 1. The van der Waals surface area contributed by atoms with Crippen LogP contribution in [0.3, 0.4) is 0 Å². The monoisotopic (exact) mass is 366 g/mol. The molecule has 3 heterocycles. The maximum atomic E-state index is 12.2. The van der Waals surface area contributed by atoms with Gasteiger partial charge >= 0.3 is 0 Å². The minimum atomic E-state index is -0.0749. The molecule has 0 atom stereocenters. The van der Waals surface area contributed by atoms with Crippen LogP contribution < -0.4 is 9.47 Å². The Morgan fingerprint density at radius 2 is 2.00 bits per heavy atom. The molecule has 8 nitrogen and oxygen atoms in total. The van der Waals surface area contributed by atoms with Gasteiger partial charge in [0.15, 0.2) is 6.61 Å². The Labute approximate surface area is 155 Å². The van der Waals surface area contributed by atoms with E-state index in [0.29, 0.717) is 30.6 Å². The molecule has 1 fully saturated rings. The fourth-order valence-corrected chi connectivity index (χ4v) is 2.76. The predicted octanol–water partition coefficient (Wildman–Crippen LogP) is 2.14. The lowest BCUT2D eigenvalue weighted by atomic mass is 10.0. The van der Waals surface area contributed by atoms with E-state index in [1.54, 1.807) is 48.7 Å². The van der Waals surface area contributed by atoms with Gasteiger partial charge in [-0.15, -0.1) is 0 Å². The zero-order chi connectivity index (χ0) is 18.6. The molecule has 1 aliphatic rings. The van der Waals surface area contributed by atoms with Crippen LogP contribution in [0.15, 0.2) is 53.3 Å². The van der Waals surface area contributed by atoms with Crippen LogP contribution >= 0.6 is 0 Å². The molecule has 138 valence electrons. The standard InChI is InChI=1S/C19H18N4O4/c1-25-15-4-6-16(7-5-15)26-12-17(24)23-10-14(11-23)19-21-18(22-27-19)13-3-2-8-20-9-13/h2-9,14H,10-12H2,1H3.